The number of halogens is 1. The third kappa shape index (κ3) is 4.33. The number of hydrogen-bond donors (Lipinski definition) is 0. The molecule has 1 heterocycles. The Balaban J connectivity index is 1.62. The number of hydrogen-bond acceptors (Lipinski definition) is 3. The van der Waals surface area contributed by atoms with Gasteiger partial charge >= 0.3 is 0 Å². The van der Waals surface area contributed by atoms with Crippen molar-refractivity contribution in [1.82, 2.24) is 0 Å². The maximum absolute atomic E-state index is 6.32. The summed E-state index contributed by atoms with van der Waals surface area (Å²) in [4.78, 5) is 2.25. The topological polar surface area (TPSA) is 21.7 Å². The standard InChI is InChI=1S/C23H22ClNO2/c24-20-13-11-19(12-14-20)23-22(27-15-18-7-3-1-4-8-18)16-26-17-25(23)21-9-5-2-6-10-21/h1-14,22-23H,15-17H2/t22-,23-/m1/s1. The van der Waals surface area contributed by atoms with Crippen LogP contribution in [0.15, 0.2) is 84.9 Å². The van der Waals surface area contributed by atoms with Crippen molar-refractivity contribution in [2.24, 2.45) is 0 Å². The van der Waals surface area contributed by atoms with Crippen molar-refractivity contribution >= 4 is 17.3 Å². The zero-order chi connectivity index (χ0) is 18.5. The highest BCUT2D eigenvalue weighted by Gasteiger charge is 2.34. The number of nitrogens with zero attached hydrogens (tertiary/aromatic N) is 1. The molecule has 0 bridgehead atoms. The van der Waals surface area contributed by atoms with E-state index in [2.05, 4.69) is 41.3 Å². The van der Waals surface area contributed by atoms with E-state index in [-0.39, 0.29) is 12.1 Å². The van der Waals surface area contributed by atoms with E-state index in [9.17, 15) is 0 Å². The Kier molecular flexibility index (Phi) is 5.73. The molecule has 4 rings (SSSR count). The number of ether oxygens (including phenoxy) is 2. The van der Waals surface area contributed by atoms with Crippen LogP contribution in [0.25, 0.3) is 0 Å². The molecule has 27 heavy (non-hydrogen) atoms. The molecule has 3 aromatic carbocycles. The first-order valence-electron chi connectivity index (χ1n) is 9.12. The van der Waals surface area contributed by atoms with Crippen LogP contribution >= 0.6 is 11.6 Å². The highest BCUT2D eigenvalue weighted by Crippen LogP contribution is 2.35. The summed E-state index contributed by atoms with van der Waals surface area (Å²) < 4.78 is 12.2. The van der Waals surface area contributed by atoms with Crippen LogP contribution in [0.1, 0.15) is 17.2 Å². The van der Waals surface area contributed by atoms with E-state index in [1.165, 1.54) is 5.56 Å². The maximum Gasteiger partial charge on any atom is 0.119 e. The second kappa shape index (κ2) is 8.57. The smallest absolute Gasteiger partial charge is 0.119 e. The van der Waals surface area contributed by atoms with E-state index in [1.54, 1.807) is 0 Å². The molecule has 4 heteroatoms. The molecule has 0 saturated carbocycles. The summed E-state index contributed by atoms with van der Waals surface area (Å²) in [6.07, 6.45) is -0.0830. The van der Waals surface area contributed by atoms with E-state index in [0.29, 0.717) is 19.9 Å². The lowest BCUT2D eigenvalue weighted by atomic mass is 9.98. The number of benzene rings is 3. The second-order valence-electron chi connectivity index (χ2n) is 6.64. The van der Waals surface area contributed by atoms with Gasteiger partial charge in [0, 0.05) is 10.7 Å². The van der Waals surface area contributed by atoms with Gasteiger partial charge in [-0.05, 0) is 35.4 Å². The molecule has 0 spiro atoms. The zero-order valence-electron chi connectivity index (χ0n) is 15.0. The maximum atomic E-state index is 6.32. The van der Waals surface area contributed by atoms with Gasteiger partial charge in [-0.1, -0.05) is 72.3 Å². The van der Waals surface area contributed by atoms with Crippen LogP contribution in [0.4, 0.5) is 5.69 Å². The molecule has 1 saturated heterocycles. The van der Waals surface area contributed by atoms with Crippen LogP contribution in [0, 0.1) is 0 Å². The molecule has 0 aliphatic carbocycles. The average molecular weight is 380 g/mol. The van der Waals surface area contributed by atoms with Gasteiger partial charge < -0.3 is 14.4 Å². The molecule has 1 aliphatic rings. The molecule has 2 atom stereocenters. The number of para-hydroxylation sites is 1. The number of anilines is 1. The predicted molar refractivity (Wildman–Crippen MR) is 109 cm³/mol. The van der Waals surface area contributed by atoms with Crippen molar-refractivity contribution in [1.29, 1.82) is 0 Å². The lowest BCUT2D eigenvalue weighted by Crippen LogP contribution is -2.46. The molecule has 3 nitrogen and oxygen atoms in total. The molecule has 0 amide bonds. The SMILES string of the molecule is Clc1ccc([C@@H]2[C@H](OCc3ccccc3)COCN2c2ccccc2)cc1. The van der Waals surface area contributed by atoms with Gasteiger partial charge in [0.15, 0.2) is 0 Å². The summed E-state index contributed by atoms with van der Waals surface area (Å²) in [6, 6.07) is 28.6. The molecule has 3 aromatic rings. The Labute approximate surface area is 165 Å². The van der Waals surface area contributed by atoms with Gasteiger partial charge in [0.25, 0.3) is 0 Å². The minimum absolute atomic E-state index is 0.0575. The lowest BCUT2D eigenvalue weighted by molar-refractivity contribution is -0.0684. The van der Waals surface area contributed by atoms with Gasteiger partial charge in [-0.2, -0.15) is 0 Å². The quantitative estimate of drug-likeness (QED) is 0.587. The van der Waals surface area contributed by atoms with E-state index >= 15 is 0 Å². The van der Waals surface area contributed by atoms with E-state index in [1.807, 2.05) is 48.5 Å². The number of rotatable bonds is 5. The van der Waals surface area contributed by atoms with Crippen LogP contribution in [0.2, 0.25) is 5.02 Å². The molecule has 0 aromatic heterocycles. The Morgan fingerprint density at radius 3 is 2.26 bits per heavy atom. The van der Waals surface area contributed by atoms with Crippen LogP contribution < -0.4 is 4.90 Å². The highest BCUT2D eigenvalue weighted by molar-refractivity contribution is 6.30. The van der Waals surface area contributed by atoms with Gasteiger partial charge in [-0.15, -0.1) is 0 Å². The molecular formula is C23H22ClNO2. The summed E-state index contributed by atoms with van der Waals surface area (Å²) in [5, 5.41) is 0.735. The molecule has 0 N–H and O–H groups in total. The van der Waals surface area contributed by atoms with Crippen LogP contribution in [0.3, 0.4) is 0 Å². The summed E-state index contributed by atoms with van der Waals surface area (Å²) in [6.45, 7) is 1.65. The normalized spacial score (nSPS) is 19.8. The van der Waals surface area contributed by atoms with Crippen molar-refractivity contribution in [3.8, 4) is 0 Å². The molecule has 0 radical (unpaired) electrons. The minimum Gasteiger partial charge on any atom is -0.369 e. The first kappa shape index (κ1) is 18.1. The Morgan fingerprint density at radius 2 is 1.56 bits per heavy atom. The lowest BCUT2D eigenvalue weighted by Gasteiger charge is -2.42. The Hall–Kier alpha value is -2.33. The fraction of sp³-hybridized carbons (Fsp3) is 0.217. The fourth-order valence-corrected chi connectivity index (χ4v) is 3.59. The molecule has 138 valence electrons. The third-order valence-corrected chi connectivity index (χ3v) is 5.06. The van der Waals surface area contributed by atoms with Crippen molar-refractivity contribution in [2.75, 3.05) is 18.2 Å². The summed E-state index contributed by atoms with van der Waals surface area (Å²) >= 11 is 6.11. The first-order valence-corrected chi connectivity index (χ1v) is 9.49. The first-order chi connectivity index (χ1) is 13.3. The van der Waals surface area contributed by atoms with Crippen molar-refractivity contribution in [3.05, 3.63) is 101 Å². The fourth-order valence-electron chi connectivity index (χ4n) is 3.47. The molecule has 1 aliphatic heterocycles. The second-order valence-corrected chi connectivity index (χ2v) is 7.07. The zero-order valence-corrected chi connectivity index (χ0v) is 15.8. The third-order valence-electron chi connectivity index (χ3n) is 4.81. The van der Waals surface area contributed by atoms with Gasteiger partial charge in [-0.3, -0.25) is 0 Å². The van der Waals surface area contributed by atoms with Crippen LogP contribution in [-0.4, -0.2) is 19.4 Å². The molecule has 1 fully saturated rings. The van der Waals surface area contributed by atoms with E-state index in [0.717, 1.165) is 16.3 Å². The van der Waals surface area contributed by atoms with Crippen molar-refractivity contribution < 1.29 is 9.47 Å². The molecule has 0 unspecified atom stereocenters. The monoisotopic (exact) mass is 379 g/mol. The summed E-state index contributed by atoms with van der Waals surface area (Å²) in [5.74, 6) is 0. The predicted octanol–water partition coefficient (Wildman–Crippen LogP) is 5.46. The van der Waals surface area contributed by atoms with E-state index in [4.69, 9.17) is 21.1 Å². The Bertz CT molecular complexity index is 839. The minimum atomic E-state index is -0.0830. The Morgan fingerprint density at radius 1 is 0.889 bits per heavy atom. The van der Waals surface area contributed by atoms with Crippen molar-refractivity contribution in [3.63, 3.8) is 0 Å². The van der Waals surface area contributed by atoms with Gasteiger partial charge in [0.2, 0.25) is 0 Å². The van der Waals surface area contributed by atoms with Crippen molar-refractivity contribution in [2.45, 2.75) is 18.8 Å². The van der Waals surface area contributed by atoms with Gasteiger partial charge in [-0.25, -0.2) is 0 Å². The van der Waals surface area contributed by atoms with Crippen LogP contribution in [-0.2, 0) is 16.1 Å². The summed E-state index contributed by atoms with van der Waals surface area (Å²) in [5.41, 5.74) is 3.44. The van der Waals surface area contributed by atoms with Gasteiger partial charge in [0.05, 0.1) is 19.3 Å². The van der Waals surface area contributed by atoms with E-state index < -0.39 is 0 Å². The van der Waals surface area contributed by atoms with Crippen LogP contribution in [0.5, 0.6) is 0 Å². The average Bonchev–Trinajstić information content (AvgIpc) is 2.74. The van der Waals surface area contributed by atoms with Gasteiger partial charge in [0.1, 0.15) is 12.8 Å². The summed E-state index contributed by atoms with van der Waals surface area (Å²) in [7, 11) is 0. The molecular weight excluding hydrogens is 358 g/mol. The highest BCUT2D eigenvalue weighted by atomic mass is 35.5. The largest absolute Gasteiger partial charge is 0.369 e.